The van der Waals surface area contributed by atoms with Crippen molar-refractivity contribution in [1.29, 1.82) is 0 Å². The van der Waals surface area contributed by atoms with Crippen molar-refractivity contribution >= 4 is 0 Å². The van der Waals surface area contributed by atoms with Crippen molar-refractivity contribution in [3.05, 3.63) is 65.2 Å². The fourth-order valence-electron chi connectivity index (χ4n) is 4.75. The van der Waals surface area contributed by atoms with Crippen LogP contribution in [0, 0.1) is 17.6 Å². The van der Waals surface area contributed by atoms with Gasteiger partial charge in [0.25, 0.3) is 0 Å². The number of piperidine rings is 1. The van der Waals surface area contributed by atoms with Gasteiger partial charge in [-0.05, 0) is 62.1 Å². The molecule has 6 heteroatoms. The third kappa shape index (κ3) is 4.60. The third-order valence-electron chi connectivity index (χ3n) is 6.09. The molecule has 2 aromatic rings. The Bertz CT molecular complexity index is 794. The quantitative estimate of drug-likeness (QED) is 0.771. The summed E-state index contributed by atoms with van der Waals surface area (Å²) in [5.41, 5.74) is 7.91. The molecule has 2 aliphatic rings. The molecule has 0 aliphatic carbocycles. The highest BCUT2D eigenvalue weighted by molar-refractivity contribution is 5.28. The lowest BCUT2D eigenvalue weighted by atomic mass is 9.80. The number of rotatable bonds is 6. The van der Waals surface area contributed by atoms with E-state index in [1.54, 1.807) is 0 Å². The number of hydrogen-bond acceptors (Lipinski definition) is 4. The standard InChI is InChI=1S/C23H29F2N3O/c1-2-29-18-10-8-16(9-11-18)14-28-12-4-5-17(15-28)23-19(13-26-27-23)22-20(24)6-3-7-21(22)25/h3,6-11,17,19,23,26-27H,2,4-5,12-15H2,1H3. The van der Waals surface area contributed by atoms with Crippen LogP contribution in [-0.4, -0.2) is 37.2 Å². The smallest absolute Gasteiger partial charge is 0.129 e. The van der Waals surface area contributed by atoms with Gasteiger partial charge in [-0.15, -0.1) is 0 Å². The molecule has 2 saturated heterocycles. The monoisotopic (exact) mass is 401 g/mol. The second-order valence-electron chi connectivity index (χ2n) is 8.01. The molecule has 0 saturated carbocycles. The molecule has 3 atom stereocenters. The van der Waals surface area contributed by atoms with Crippen molar-refractivity contribution in [2.24, 2.45) is 5.92 Å². The van der Waals surface area contributed by atoms with Crippen LogP contribution < -0.4 is 15.6 Å². The molecule has 0 amide bonds. The molecule has 2 aromatic carbocycles. The molecule has 2 heterocycles. The lowest BCUT2D eigenvalue weighted by Gasteiger charge is -2.37. The normalized spacial score (nSPS) is 25.3. The molecular weight excluding hydrogens is 372 g/mol. The minimum Gasteiger partial charge on any atom is -0.494 e. The van der Waals surface area contributed by atoms with E-state index in [0.29, 0.717) is 19.1 Å². The maximum atomic E-state index is 14.4. The first kappa shape index (κ1) is 20.3. The fourth-order valence-corrected chi connectivity index (χ4v) is 4.75. The van der Waals surface area contributed by atoms with Gasteiger partial charge in [0, 0.05) is 37.2 Å². The number of hydrazine groups is 1. The molecule has 0 aromatic heterocycles. The summed E-state index contributed by atoms with van der Waals surface area (Å²) in [6.45, 7) is 6.02. The predicted octanol–water partition coefficient (Wildman–Crippen LogP) is 3.84. The highest BCUT2D eigenvalue weighted by atomic mass is 19.1. The molecule has 2 aliphatic heterocycles. The number of likely N-dealkylation sites (tertiary alicyclic amines) is 1. The van der Waals surface area contributed by atoms with Crippen molar-refractivity contribution < 1.29 is 13.5 Å². The van der Waals surface area contributed by atoms with Gasteiger partial charge in [-0.1, -0.05) is 18.2 Å². The van der Waals surface area contributed by atoms with Gasteiger partial charge in [0.1, 0.15) is 17.4 Å². The lowest BCUT2D eigenvalue weighted by Crippen LogP contribution is -2.46. The van der Waals surface area contributed by atoms with E-state index in [2.05, 4.69) is 27.9 Å². The van der Waals surface area contributed by atoms with Gasteiger partial charge in [0.15, 0.2) is 0 Å². The van der Waals surface area contributed by atoms with Crippen LogP contribution in [0.15, 0.2) is 42.5 Å². The zero-order valence-corrected chi connectivity index (χ0v) is 16.8. The van der Waals surface area contributed by atoms with Crippen molar-refractivity contribution in [2.45, 2.75) is 38.3 Å². The molecule has 3 unspecified atom stereocenters. The first-order chi connectivity index (χ1) is 14.2. The van der Waals surface area contributed by atoms with Crippen molar-refractivity contribution in [1.82, 2.24) is 15.8 Å². The molecule has 0 bridgehead atoms. The van der Waals surface area contributed by atoms with E-state index in [-0.39, 0.29) is 17.5 Å². The van der Waals surface area contributed by atoms with E-state index in [1.165, 1.54) is 23.8 Å². The molecule has 156 valence electrons. The van der Waals surface area contributed by atoms with Crippen LogP contribution in [-0.2, 0) is 6.54 Å². The molecule has 29 heavy (non-hydrogen) atoms. The summed E-state index contributed by atoms with van der Waals surface area (Å²) in [6.07, 6.45) is 2.15. The second kappa shape index (κ2) is 9.20. The summed E-state index contributed by atoms with van der Waals surface area (Å²) in [7, 11) is 0. The third-order valence-corrected chi connectivity index (χ3v) is 6.09. The number of nitrogens with one attached hydrogen (secondary N) is 2. The Hall–Kier alpha value is -2.02. The molecular formula is C23H29F2N3O. The summed E-state index contributed by atoms with van der Waals surface area (Å²) < 4.78 is 34.3. The van der Waals surface area contributed by atoms with Gasteiger partial charge >= 0.3 is 0 Å². The predicted molar refractivity (Wildman–Crippen MR) is 110 cm³/mol. The van der Waals surface area contributed by atoms with Crippen LogP contribution >= 0.6 is 0 Å². The van der Waals surface area contributed by atoms with Crippen LogP contribution in [0.1, 0.15) is 36.8 Å². The van der Waals surface area contributed by atoms with Gasteiger partial charge in [0.2, 0.25) is 0 Å². The average molecular weight is 402 g/mol. The fraction of sp³-hybridized carbons (Fsp3) is 0.478. The SMILES string of the molecule is CCOc1ccc(CN2CCCC(C3NNCC3c3c(F)cccc3F)C2)cc1. The van der Waals surface area contributed by atoms with Gasteiger partial charge in [-0.2, -0.15) is 0 Å². The molecule has 2 fully saturated rings. The van der Waals surface area contributed by atoms with Crippen LogP contribution in [0.4, 0.5) is 8.78 Å². The maximum Gasteiger partial charge on any atom is 0.129 e. The zero-order valence-electron chi connectivity index (χ0n) is 16.8. The minimum atomic E-state index is -0.451. The number of benzene rings is 2. The van der Waals surface area contributed by atoms with Crippen LogP contribution in [0.2, 0.25) is 0 Å². The summed E-state index contributed by atoms with van der Waals surface area (Å²) >= 11 is 0. The van der Waals surface area contributed by atoms with Gasteiger partial charge in [-0.25, -0.2) is 8.78 Å². The topological polar surface area (TPSA) is 36.5 Å². The van der Waals surface area contributed by atoms with Crippen molar-refractivity contribution in [3.8, 4) is 5.75 Å². The van der Waals surface area contributed by atoms with Crippen molar-refractivity contribution in [2.75, 3.05) is 26.2 Å². The van der Waals surface area contributed by atoms with E-state index in [1.807, 2.05) is 19.1 Å². The maximum absolute atomic E-state index is 14.4. The number of halogens is 2. The van der Waals surface area contributed by atoms with Gasteiger partial charge in [-0.3, -0.25) is 15.8 Å². The lowest BCUT2D eigenvalue weighted by molar-refractivity contribution is 0.139. The van der Waals surface area contributed by atoms with Crippen molar-refractivity contribution in [3.63, 3.8) is 0 Å². The Morgan fingerprint density at radius 2 is 1.86 bits per heavy atom. The molecule has 0 spiro atoms. The summed E-state index contributed by atoms with van der Waals surface area (Å²) in [4.78, 5) is 2.44. The Labute approximate surface area is 171 Å². The van der Waals surface area contributed by atoms with E-state index in [4.69, 9.17) is 4.74 Å². The van der Waals surface area contributed by atoms with Crippen LogP contribution in [0.5, 0.6) is 5.75 Å². The highest BCUT2D eigenvalue weighted by Crippen LogP contribution is 2.34. The van der Waals surface area contributed by atoms with Gasteiger partial charge < -0.3 is 4.74 Å². The Morgan fingerprint density at radius 3 is 2.59 bits per heavy atom. The molecule has 0 radical (unpaired) electrons. The first-order valence-electron chi connectivity index (χ1n) is 10.5. The first-order valence-corrected chi connectivity index (χ1v) is 10.5. The summed E-state index contributed by atoms with van der Waals surface area (Å²) in [6, 6.07) is 12.4. The number of hydrogen-bond donors (Lipinski definition) is 2. The molecule has 2 N–H and O–H groups in total. The van der Waals surface area contributed by atoms with E-state index >= 15 is 0 Å². The second-order valence-corrected chi connectivity index (χ2v) is 8.01. The largest absolute Gasteiger partial charge is 0.494 e. The molecule has 4 nitrogen and oxygen atoms in total. The van der Waals surface area contributed by atoms with E-state index in [0.717, 1.165) is 38.2 Å². The Balaban J connectivity index is 1.43. The van der Waals surface area contributed by atoms with Gasteiger partial charge in [0.05, 0.1) is 6.61 Å². The van der Waals surface area contributed by atoms with Crippen LogP contribution in [0.25, 0.3) is 0 Å². The highest BCUT2D eigenvalue weighted by Gasteiger charge is 2.38. The summed E-state index contributed by atoms with van der Waals surface area (Å²) in [5.74, 6) is 0.126. The molecule has 4 rings (SSSR count). The minimum absolute atomic E-state index is 0.0181. The van der Waals surface area contributed by atoms with E-state index in [9.17, 15) is 8.78 Å². The average Bonchev–Trinajstić information content (AvgIpc) is 3.19. The Kier molecular flexibility index (Phi) is 6.43. The van der Waals surface area contributed by atoms with E-state index < -0.39 is 11.6 Å². The Morgan fingerprint density at radius 1 is 1.10 bits per heavy atom. The number of nitrogens with zero attached hydrogens (tertiary/aromatic N) is 1. The number of ether oxygens (including phenoxy) is 1. The summed E-state index contributed by atoms with van der Waals surface area (Å²) in [5, 5.41) is 0. The van der Waals surface area contributed by atoms with Crippen LogP contribution in [0.3, 0.4) is 0 Å². The zero-order chi connectivity index (χ0) is 20.2.